The van der Waals surface area contributed by atoms with Crippen LogP contribution in [0.1, 0.15) is 44.6 Å². The van der Waals surface area contributed by atoms with Crippen LogP contribution < -0.4 is 10.6 Å². The molecule has 0 aliphatic heterocycles. The summed E-state index contributed by atoms with van der Waals surface area (Å²) >= 11 is 0. The molecule has 0 aromatic heterocycles. The maximum atomic E-state index is 11.0. The van der Waals surface area contributed by atoms with Crippen LogP contribution in [0.3, 0.4) is 0 Å². The largest absolute Gasteiger partial charge is 0.508 e. The third-order valence-corrected chi connectivity index (χ3v) is 3.59. The van der Waals surface area contributed by atoms with Crippen LogP contribution in [-0.2, 0) is 11.3 Å². The van der Waals surface area contributed by atoms with Gasteiger partial charge in [-0.1, -0.05) is 19.3 Å². The fraction of sp³-hybridized carbons (Fsp3) is 0.533. The number of anilines is 1. The average molecular weight is 262 g/mol. The highest BCUT2D eigenvalue weighted by Gasteiger charge is 2.13. The quantitative estimate of drug-likeness (QED) is 0.731. The number of nitrogens with one attached hydrogen (secondary N) is 2. The van der Waals surface area contributed by atoms with E-state index in [0.717, 1.165) is 11.3 Å². The SMILES string of the molecule is CC(=O)Nc1ccc(O)c(CNC2CCCCC2)c1. The van der Waals surface area contributed by atoms with Crippen LogP contribution in [0.15, 0.2) is 18.2 Å². The molecule has 1 aromatic carbocycles. The van der Waals surface area contributed by atoms with Crippen LogP contribution in [0.2, 0.25) is 0 Å². The van der Waals surface area contributed by atoms with Gasteiger partial charge in [0.1, 0.15) is 5.75 Å². The summed E-state index contributed by atoms with van der Waals surface area (Å²) in [5, 5.41) is 16.1. The van der Waals surface area contributed by atoms with Gasteiger partial charge in [0, 0.05) is 30.8 Å². The fourth-order valence-corrected chi connectivity index (χ4v) is 2.57. The van der Waals surface area contributed by atoms with Crippen LogP contribution in [0.4, 0.5) is 5.69 Å². The molecule has 4 nitrogen and oxygen atoms in total. The molecule has 1 amide bonds. The molecular weight excluding hydrogens is 240 g/mol. The number of aromatic hydroxyl groups is 1. The van der Waals surface area contributed by atoms with E-state index in [4.69, 9.17) is 0 Å². The molecule has 0 radical (unpaired) electrons. The van der Waals surface area contributed by atoms with Gasteiger partial charge in [-0.25, -0.2) is 0 Å². The maximum absolute atomic E-state index is 11.0. The summed E-state index contributed by atoms with van der Waals surface area (Å²) in [5.41, 5.74) is 1.56. The predicted octanol–water partition coefficient (Wildman–Crippen LogP) is 2.77. The second kappa shape index (κ2) is 6.57. The van der Waals surface area contributed by atoms with Crippen molar-refractivity contribution in [2.75, 3.05) is 5.32 Å². The van der Waals surface area contributed by atoms with Crippen LogP contribution in [0.5, 0.6) is 5.75 Å². The molecule has 2 rings (SSSR count). The highest BCUT2D eigenvalue weighted by atomic mass is 16.3. The Bertz CT molecular complexity index is 440. The van der Waals surface area contributed by atoms with Crippen molar-refractivity contribution >= 4 is 11.6 Å². The van der Waals surface area contributed by atoms with Crippen LogP contribution in [-0.4, -0.2) is 17.1 Å². The Morgan fingerprint density at radius 1 is 1.32 bits per heavy atom. The number of hydrogen-bond acceptors (Lipinski definition) is 3. The number of amides is 1. The lowest BCUT2D eigenvalue weighted by molar-refractivity contribution is -0.114. The van der Waals surface area contributed by atoms with E-state index in [0.29, 0.717) is 12.6 Å². The van der Waals surface area contributed by atoms with Gasteiger partial charge < -0.3 is 15.7 Å². The average Bonchev–Trinajstić information content (AvgIpc) is 2.40. The van der Waals surface area contributed by atoms with Gasteiger partial charge >= 0.3 is 0 Å². The molecule has 0 unspecified atom stereocenters. The smallest absolute Gasteiger partial charge is 0.221 e. The van der Waals surface area contributed by atoms with Crippen molar-refractivity contribution < 1.29 is 9.90 Å². The maximum Gasteiger partial charge on any atom is 0.221 e. The fourth-order valence-electron chi connectivity index (χ4n) is 2.57. The van der Waals surface area contributed by atoms with Gasteiger partial charge in [0.15, 0.2) is 0 Å². The molecule has 1 saturated carbocycles. The summed E-state index contributed by atoms with van der Waals surface area (Å²) < 4.78 is 0. The molecule has 1 aromatic rings. The van der Waals surface area contributed by atoms with Crippen molar-refractivity contribution in [3.63, 3.8) is 0 Å². The first-order valence-corrected chi connectivity index (χ1v) is 6.98. The predicted molar refractivity (Wildman–Crippen MR) is 76.1 cm³/mol. The Morgan fingerprint density at radius 2 is 2.05 bits per heavy atom. The van der Waals surface area contributed by atoms with E-state index in [9.17, 15) is 9.90 Å². The molecule has 1 fully saturated rings. The summed E-state index contributed by atoms with van der Waals surface area (Å²) in [6.45, 7) is 2.12. The third-order valence-electron chi connectivity index (χ3n) is 3.59. The highest BCUT2D eigenvalue weighted by Crippen LogP contribution is 2.23. The molecule has 1 aliphatic rings. The lowest BCUT2D eigenvalue weighted by atomic mass is 9.95. The number of carbonyl (C=O) groups excluding carboxylic acids is 1. The lowest BCUT2D eigenvalue weighted by Crippen LogP contribution is -2.30. The summed E-state index contributed by atoms with van der Waals surface area (Å²) in [5.74, 6) is 0.175. The lowest BCUT2D eigenvalue weighted by Gasteiger charge is -2.23. The molecule has 0 spiro atoms. The van der Waals surface area contributed by atoms with Crippen molar-refractivity contribution in [2.24, 2.45) is 0 Å². The second-order valence-electron chi connectivity index (χ2n) is 5.24. The van der Waals surface area contributed by atoms with Gasteiger partial charge in [-0.15, -0.1) is 0 Å². The zero-order valence-corrected chi connectivity index (χ0v) is 11.4. The molecule has 19 heavy (non-hydrogen) atoms. The Hall–Kier alpha value is -1.55. The summed E-state index contributed by atoms with van der Waals surface area (Å²) in [4.78, 5) is 11.0. The second-order valence-corrected chi connectivity index (χ2v) is 5.24. The van der Waals surface area contributed by atoms with Gasteiger partial charge in [-0.3, -0.25) is 4.79 Å². The Kier molecular flexibility index (Phi) is 4.80. The van der Waals surface area contributed by atoms with Crippen molar-refractivity contribution in [1.29, 1.82) is 0 Å². The Balaban J connectivity index is 1.95. The van der Waals surface area contributed by atoms with Gasteiger partial charge in [0.05, 0.1) is 0 Å². The van der Waals surface area contributed by atoms with Gasteiger partial charge in [-0.2, -0.15) is 0 Å². The molecule has 1 aliphatic carbocycles. The molecule has 104 valence electrons. The topological polar surface area (TPSA) is 61.4 Å². The molecule has 4 heteroatoms. The molecule has 3 N–H and O–H groups in total. The minimum Gasteiger partial charge on any atom is -0.508 e. The van der Waals surface area contributed by atoms with Crippen LogP contribution in [0, 0.1) is 0 Å². The highest BCUT2D eigenvalue weighted by molar-refractivity contribution is 5.88. The van der Waals surface area contributed by atoms with E-state index in [1.165, 1.54) is 39.0 Å². The monoisotopic (exact) mass is 262 g/mol. The molecular formula is C15H22N2O2. The van der Waals surface area contributed by atoms with Crippen molar-refractivity contribution in [1.82, 2.24) is 5.32 Å². The first kappa shape index (κ1) is 13.9. The molecule has 0 bridgehead atoms. The van der Waals surface area contributed by atoms with E-state index < -0.39 is 0 Å². The normalized spacial score (nSPS) is 16.3. The van der Waals surface area contributed by atoms with Crippen molar-refractivity contribution in [3.8, 4) is 5.75 Å². The van der Waals surface area contributed by atoms with Crippen LogP contribution in [0.25, 0.3) is 0 Å². The minimum atomic E-state index is -0.100. The number of phenolic OH excluding ortho intramolecular Hbond substituents is 1. The van der Waals surface area contributed by atoms with Gasteiger partial charge in [0.25, 0.3) is 0 Å². The van der Waals surface area contributed by atoms with E-state index >= 15 is 0 Å². The van der Waals surface area contributed by atoms with E-state index in [1.807, 2.05) is 6.07 Å². The van der Waals surface area contributed by atoms with E-state index in [1.54, 1.807) is 12.1 Å². The standard InChI is InChI=1S/C15H22N2O2/c1-11(18)17-14-7-8-15(19)12(9-14)10-16-13-5-3-2-4-6-13/h7-9,13,16,19H,2-6,10H2,1H3,(H,17,18). The van der Waals surface area contributed by atoms with Gasteiger partial charge in [-0.05, 0) is 31.0 Å². The number of rotatable bonds is 4. The Labute approximate surface area is 114 Å². The number of hydrogen-bond donors (Lipinski definition) is 3. The molecule has 0 saturated heterocycles. The number of phenols is 1. The zero-order valence-electron chi connectivity index (χ0n) is 11.4. The number of benzene rings is 1. The molecule has 0 atom stereocenters. The van der Waals surface area contributed by atoms with Crippen molar-refractivity contribution in [2.45, 2.75) is 51.6 Å². The number of carbonyl (C=O) groups is 1. The molecule has 0 heterocycles. The summed E-state index contributed by atoms with van der Waals surface area (Å²) in [6, 6.07) is 5.72. The third kappa shape index (κ3) is 4.24. The first-order valence-electron chi connectivity index (χ1n) is 6.98. The minimum absolute atomic E-state index is 0.100. The Morgan fingerprint density at radius 3 is 2.74 bits per heavy atom. The van der Waals surface area contributed by atoms with E-state index in [-0.39, 0.29) is 11.7 Å². The first-order chi connectivity index (χ1) is 9.15. The van der Waals surface area contributed by atoms with Gasteiger partial charge in [0.2, 0.25) is 5.91 Å². The summed E-state index contributed by atoms with van der Waals surface area (Å²) in [6.07, 6.45) is 6.34. The van der Waals surface area contributed by atoms with Crippen molar-refractivity contribution in [3.05, 3.63) is 23.8 Å². The van der Waals surface area contributed by atoms with Crippen LogP contribution >= 0.6 is 0 Å². The van der Waals surface area contributed by atoms with E-state index in [2.05, 4.69) is 10.6 Å². The summed E-state index contributed by atoms with van der Waals surface area (Å²) in [7, 11) is 0. The zero-order chi connectivity index (χ0) is 13.7.